The van der Waals surface area contributed by atoms with Crippen LogP contribution >= 0.6 is 11.8 Å². The number of carbonyl (C=O) groups excluding carboxylic acids is 2. The van der Waals surface area contributed by atoms with E-state index in [0.717, 1.165) is 11.3 Å². The molecule has 1 aliphatic rings. The zero-order valence-electron chi connectivity index (χ0n) is 13.5. The molecule has 0 saturated carbocycles. The molecule has 0 spiro atoms. The van der Waals surface area contributed by atoms with Crippen molar-refractivity contribution in [2.75, 3.05) is 7.05 Å². The molecule has 0 aliphatic carbocycles. The van der Waals surface area contributed by atoms with Gasteiger partial charge in [0, 0.05) is 12.3 Å². The lowest BCUT2D eigenvalue weighted by atomic mass is 10.1. The number of amides is 2. The van der Waals surface area contributed by atoms with Gasteiger partial charge >= 0.3 is 0 Å². The molecule has 2 rings (SSSR count). The Labute approximate surface area is 135 Å². The van der Waals surface area contributed by atoms with E-state index < -0.39 is 0 Å². The molecule has 0 unspecified atom stereocenters. The van der Waals surface area contributed by atoms with Crippen LogP contribution < -0.4 is 4.74 Å². The number of rotatable bonds is 5. The predicted molar refractivity (Wildman–Crippen MR) is 89.6 cm³/mol. The van der Waals surface area contributed by atoms with Crippen molar-refractivity contribution >= 4 is 29.1 Å². The van der Waals surface area contributed by atoms with Gasteiger partial charge in [0.25, 0.3) is 11.8 Å². The summed E-state index contributed by atoms with van der Waals surface area (Å²) in [5.41, 5.74) is 1.24. The van der Waals surface area contributed by atoms with Crippen LogP contribution in [0.15, 0.2) is 29.2 Å². The van der Waals surface area contributed by atoms with Crippen molar-refractivity contribution in [1.29, 1.82) is 0 Å². The highest BCUT2D eigenvalue weighted by atomic mass is 32.2. The van der Waals surface area contributed by atoms with Gasteiger partial charge in [-0.2, -0.15) is 0 Å². The molecular formula is C17H21NO3S. The molecule has 0 aromatic heterocycles. The first-order valence-corrected chi connectivity index (χ1v) is 8.19. The maximum absolute atomic E-state index is 12.4. The lowest BCUT2D eigenvalue weighted by Crippen LogP contribution is -2.26. The molecule has 1 aliphatic heterocycles. The van der Waals surface area contributed by atoms with E-state index in [9.17, 15) is 9.59 Å². The Morgan fingerprint density at radius 1 is 1.00 bits per heavy atom. The predicted octanol–water partition coefficient (Wildman–Crippen LogP) is 3.33. The van der Waals surface area contributed by atoms with E-state index >= 15 is 0 Å². The molecule has 1 aromatic carbocycles. The second-order valence-corrected chi connectivity index (χ2v) is 7.32. The molecule has 4 nitrogen and oxygen atoms in total. The normalized spacial score (nSPS) is 15.5. The number of imide groups is 1. The van der Waals surface area contributed by atoms with Gasteiger partial charge in [-0.25, -0.2) is 0 Å². The first kappa shape index (κ1) is 16.6. The number of thioether (sulfide) groups is 1. The molecule has 0 radical (unpaired) electrons. The zero-order valence-corrected chi connectivity index (χ0v) is 14.4. The van der Waals surface area contributed by atoms with Gasteiger partial charge in [-0.3, -0.25) is 14.5 Å². The average Bonchev–Trinajstić information content (AvgIpc) is 2.64. The van der Waals surface area contributed by atoms with E-state index in [-0.39, 0.29) is 23.2 Å². The molecule has 5 heteroatoms. The monoisotopic (exact) mass is 319 g/mol. The summed E-state index contributed by atoms with van der Waals surface area (Å²) in [5, 5.41) is 0.233. The van der Waals surface area contributed by atoms with Crippen molar-refractivity contribution in [3.63, 3.8) is 0 Å². The molecule has 2 amide bonds. The number of ether oxygens (including phenoxy) is 1. The Bertz CT molecular complexity index is 617. The second-order valence-electron chi connectivity index (χ2n) is 5.73. The number of hydrogen-bond donors (Lipinski definition) is 0. The van der Waals surface area contributed by atoms with Gasteiger partial charge in [0.05, 0.1) is 16.6 Å². The van der Waals surface area contributed by atoms with Gasteiger partial charge in [-0.15, -0.1) is 11.8 Å². The van der Waals surface area contributed by atoms with Crippen LogP contribution in [0.3, 0.4) is 0 Å². The van der Waals surface area contributed by atoms with Crippen molar-refractivity contribution in [1.82, 2.24) is 4.90 Å². The Kier molecular flexibility index (Phi) is 4.96. The summed E-state index contributed by atoms with van der Waals surface area (Å²) >= 11 is 1.43. The minimum atomic E-state index is -0.245. The van der Waals surface area contributed by atoms with Crippen molar-refractivity contribution in [2.24, 2.45) is 0 Å². The second kappa shape index (κ2) is 6.57. The Balaban J connectivity index is 2.40. The van der Waals surface area contributed by atoms with Gasteiger partial charge in [-0.1, -0.05) is 26.0 Å². The van der Waals surface area contributed by atoms with E-state index in [0.29, 0.717) is 10.5 Å². The zero-order chi connectivity index (χ0) is 16.4. The number of likely N-dealkylation sites (N-methyl/N-ethyl adjacent to an activating group) is 1. The van der Waals surface area contributed by atoms with Crippen molar-refractivity contribution in [2.45, 2.75) is 39.0 Å². The smallest absolute Gasteiger partial charge is 0.267 e. The maximum atomic E-state index is 12.4. The number of benzene rings is 1. The van der Waals surface area contributed by atoms with Crippen molar-refractivity contribution < 1.29 is 14.3 Å². The highest BCUT2D eigenvalue weighted by Gasteiger charge is 2.37. The van der Waals surface area contributed by atoms with Crippen LogP contribution in [-0.2, 0) is 9.59 Å². The van der Waals surface area contributed by atoms with Crippen molar-refractivity contribution in [3.8, 4) is 5.75 Å². The van der Waals surface area contributed by atoms with Gasteiger partial charge in [0.1, 0.15) is 5.75 Å². The fraction of sp³-hybridized carbons (Fsp3) is 0.412. The standard InChI is InChI=1S/C17H21NO3S/c1-10(2)21-13-8-6-12(7-9-13)14-15(22-11(3)4)17(20)18(5)16(14)19/h6-11H,1-5H3. The molecule has 118 valence electrons. The van der Waals surface area contributed by atoms with Crippen LogP contribution in [0.5, 0.6) is 5.75 Å². The summed E-state index contributed by atoms with van der Waals surface area (Å²) < 4.78 is 5.61. The molecule has 1 heterocycles. The number of carbonyl (C=O) groups is 2. The third kappa shape index (κ3) is 3.35. The first-order valence-electron chi connectivity index (χ1n) is 7.31. The summed E-state index contributed by atoms with van der Waals surface area (Å²) in [6, 6.07) is 7.32. The topological polar surface area (TPSA) is 46.6 Å². The quantitative estimate of drug-likeness (QED) is 0.781. The first-order chi connectivity index (χ1) is 10.3. The Morgan fingerprint density at radius 2 is 1.59 bits per heavy atom. The van der Waals surface area contributed by atoms with E-state index in [1.54, 1.807) is 0 Å². The number of hydrogen-bond acceptors (Lipinski definition) is 4. The SMILES string of the molecule is CC(C)Oc1ccc(C2=C(SC(C)C)C(=O)N(C)C2=O)cc1. The van der Waals surface area contributed by atoms with Crippen LogP contribution in [0.25, 0.3) is 5.57 Å². The highest BCUT2D eigenvalue weighted by molar-refractivity contribution is 8.04. The molecule has 0 fully saturated rings. The van der Waals surface area contributed by atoms with Crippen molar-refractivity contribution in [3.05, 3.63) is 34.7 Å². The van der Waals surface area contributed by atoms with E-state index in [4.69, 9.17) is 4.74 Å². The number of nitrogens with zero attached hydrogens (tertiary/aromatic N) is 1. The van der Waals surface area contributed by atoms with Gasteiger partial charge in [0.2, 0.25) is 0 Å². The van der Waals surface area contributed by atoms with Crippen LogP contribution in [0, 0.1) is 0 Å². The largest absolute Gasteiger partial charge is 0.491 e. The Morgan fingerprint density at radius 3 is 2.09 bits per heavy atom. The molecule has 0 atom stereocenters. The highest BCUT2D eigenvalue weighted by Crippen LogP contribution is 2.37. The molecular weight excluding hydrogens is 298 g/mol. The van der Waals surface area contributed by atoms with Crippen LogP contribution in [0.1, 0.15) is 33.3 Å². The van der Waals surface area contributed by atoms with E-state index in [1.165, 1.54) is 23.7 Å². The maximum Gasteiger partial charge on any atom is 0.267 e. The van der Waals surface area contributed by atoms with Gasteiger partial charge in [-0.05, 0) is 31.5 Å². The molecule has 0 bridgehead atoms. The molecule has 0 saturated heterocycles. The lowest BCUT2D eigenvalue weighted by Gasteiger charge is -2.11. The van der Waals surface area contributed by atoms with Gasteiger partial charge < -0.3 is 4.74 Å². The summed E-state index contributed by atoms with van der Waals surface area (Å²) in [4.78, 5) is 26.3. The molecule has 1 aromatic rings. The fourth-order valence-electron chi connectivity index (χ4n) is 2.19. The summed E-state index contributed by atoms with van der Waals surface area (Å²) in [5.74, 6) is 0.287. The molecule has 22 heavy (non-hydrogen) atoms. The minimum absolute atomic E-state index is 0.0953. The van der Waals surface area contributed by atoms with Crippen LogP contribution in [0.2, 0.25) is 0 Å². The third-order valence-corrected chi connectivity index (χ3v) is 4.20. The summed E-state index contributed by atoms with van der Waals surface area (Å²) in [7, 11) is 1.52. The summed E-state index contributed by atoms with van der Waals surface area (Å²) in [6.07, 6.45) is 0.0953. The van der Waals surface area contributed by atoms with Crippen LogP contribution in [-0.4, -0.2) is 35.1 Å². The molecule has 0 N–H and O–H groups in total. The average molecular weight is 319 g/mol. The fourth-order valence-corrected chi connectivity index (χ4v) is 3.22. The van der Waals surface area contributed by atoms with E-state index in [1.807, 2.05) is 52.0 Å². The lowest BCUT2D eigenvalue weighted by molar-refractivity contribution is -0.134. The van der Waals surface area contributed by atoms with Crippen LogP contribution in [0.4, 0.5) is 0 Å². The van der Waals surface area contributed by atoms with Gasteiger partial charge in [0.15, 0.2) is 0 Å². The summed E-state index contributed by atoms with van der Waals surface area (Å²) in [6.45, 7) is 7.93. The third-order valence-electron chi connectivity index (χ3n) is 3.11. The minimum Gasteiger partial charge on any atom is -0.491 e. The van der Waals surface area contributed by atoms with E-state index in [2.05, 4.69) is 0 Å². The Hall–Kier alpha value is -1.75.